The quantitative estimate of drug-likeness (QED) is 0.878. The molecule has 6 heteroatoms. The summed E-state index contributed by atoms with van der Waals surface area (Å²) in [7, 11) is 3.50. The number of nitrogens with one attached hydrogen (secondary N) is 1. The van der Waals surface area contributed by atoms with Gasteiger partial charge in [-0.05, 0) is 25.8 Å². The first kappa shape index (κ1) is 16.8. The highest BCUT2D eigenvalue weighted by Crippen LogP contribution is 2.34. The number of fused-ring (bicyclic) bond motifs is 1. The summed E-state index contributed by atoms with van der Waals surface area (Å²) in [6, 6.07) is 6.04. The Labute approximate surface area is 142 Å². The molecule has 24 heavy (non-hydrogen) atoms. The van der Waals surface area contributed by atoms with Gasteiger partial charge in [-0.2, -0.15) is 5.10 Å². The van der Waals surface area contributed by atoms with Gasteiger partial charge in [0, 0.05) is 43.0 Å². The number of aryl methyl sites for hydroxylation is 1. The van der Waals surface area contributed by atoms with E-state index >= 15 is 0 Å². The van der Waals surface area contributed by atoms with Crippen molar-refractivity contribution in [2.24, 2.45) is 7.05 Å². The Bertz CT molecular complexity index is 697. The van der Waals surface area contributed by atoms with Crippen LogP contribution in [0, 0.1) is 0 Å². The van der Waals surface area contributed by atoms with Crippen LogP contribution in [-0.2, 0) is 12.6 Å². The first-order chi connectivity index (χ1) is 11.5. The summed E-state index contributed by atoms with van der Waals surface area (Å²) in [6.45, 7) is 2.94. The van der Waals surface area contributed by atoms with Crippen LogP contribution in [0.4, 0.5) is 0 Å². The lowest BCUT2D eigenvalue weighted by Crippen LogP contribution is -2.37. The van der Waals surface area contributed by atoms with Crippen molar-refractivity contribution in [2.45, 2.75) is 31.4 Å². The second-order valence-electron chi connectivity index (χ2n) is 6.50. The van der Waals surface area contributed by atoms with E-state index in [1.807, 2.05) is 31.4 Å². The van der Waals surface area contributed by atoms with Crippen LogP contribution in [0.25, 0.3) is 0 Å². The number of hydrogen-bond donors (Lipinski definition) is 2. The lowest BCUT2D eigenvalue weighted by molar-refractivity contribution is 0.0533. The van der Waals surface area contributed by atoms with E-state index in [1.54, 1.807) is 24.9 Å². The monoisotopic (exact) mass is 331 g/mol. The molecule has 1 aromatic carbocycles. The van der Waals surface area contributed by atoms with Gasteiger partial charge in [-0.3, -0.25) is 4.68 Å². The molecule has 0 radical (unpaired) electrons. The maximum atomic E-state index is 10.8. The zero-order valence-corrected chi connectivity index (χ0v) is 14.5. The van der Waals surface area contributed by atoms with E-state index in [1.165, 1.54) is 0 Å². The molecule has 130 valence electrons. The number of rotatable bonds is 5. The molecule has 0 saturated carbocycles. The van der Waals surface area contributed by atoms with E-state index in [4.69, 9.17) is 9.47 Å². The van der Waals surface area contributed by atoms with Gasteiger partial charge in [0.15, 0.2) is 0 Å². The molecule has 1 aliphatic heterocycles. The number of benzene rings is 1. The highest BCUT2D eigenvalue weighted by molar-refractivity contribution is 5.43. The van der Waals surface area contributed by atoms with Gasteiger partial charge in [0.2, 0.25) is 0 Å². The maximum Gasteiger partial charge on any atom is 0.127 e. The molecule has 1 aliphatic rings. The van der Waals surface area contributed by atoms with E-state index in [0.717, 1.165) is 35.5 Å². The number of hydrogen-bond acceptors (Lipinski definition) is 5. The molecule has 2 N–H and O–H groups in total. The van der Waals surface area contributed by atoms with Gasteiger partial charge in [0.25, 0.3) is 0 Å². The lowest BCUT2D eigenvalue weighted by Gasteiger charge is -2.26. The standard InChI is InChI=1S/C18H25N3O3/c1-18(22,13-10-20-21(2)11-13)12-19-16-5-4-8-24-17-9-14(23-3)6-7-15(16)17/h6-7,9-11,16,19,22H,4-5,8,12H2,1-3H3/t16-,18+/m0/s1. The predicted molar refractivity (Wildman–Crippen MR) is 91.2 cm³/mol. The summed E-state index contributed by atoms with van der Waals surface area (Å²) < 4.78 is 12.8. The molecule has 0 bridgehead atoms. The summed E-state index contributed by atoms with van der Waals surface area (Å²) in [5, 5.41) is 18.4. The molecule has 6 nitrogen and oxygen atoms in total. The van der Waals surface area contributed by atoms with E-state index in [2.05, 4.69) is 10.4 Å². The Hall–Kier alpha value is -2.05. The molecule has 0 unspecified atom stereocenters. The number of ether oxygens (including phenoxy) is 2. The van der Waals surface area contributed by atoms with Gasteiger partial charge < -0.3 is 19.9 Å². The van der Waals surface area contributed by atoms with Gasteiger partial charge in [0.1, 0.15) is 17.1 Å². The fourth-order valence-electron chi connectivity index (χ4n) is 3.01. The molecule has 0 aliphatic carbocycles. The van der Waals surface area contributed by atoms with Crippen molar-refractivity contribution < 1.29 is 14.6 Å². The van der Waals surface area contributed by atoms with Crippen molar-refractivity contribution in [3.63, 3.8) is 0 Å². The first-order valence-corrected chi connectivity index (χ1v) is 8.25. The second kappa shape index (κ2) is 6.83. The van der Waals surface area contributed by atoms with E-state index in [0.29, 0.717) is 13.2 Å². The van der Waals surface area contributed by atoms with Gasteiger partial charge in [-0.15, -0.1) is 0 Å². The molecule has 0 fully saturated rings. The smallest absolute Gasteiger partial charge is 0.127 e. The molecule has 0 spiro atoms. The van der Waals surface area contributed by atoms with Crippen molar-refractivity contribution in [1.82, 2.24) is 15.1 Å². The fourth-order valence-corrected chi connectivity index (χ4v) is 3.01. The van der Waals surface area contributed by atoms with Crippen LogP contribution in [-0.4, -0.2) is 35.1 Å². The average Bonchev–Trinajstić information content (AvgIpc) is 2.91. The normalized spacial score (nSPS) is 19.8. The molecule has 1 aromatic heterocycles. The topological polar surface area (TPSA) is 68.5 Å². The third kappa shape index (κ3) is 3.55. The number of methoxy groups -OCH3 is 1. The van der Waals surface area contributed by atoms with Crippen LogP contribution in [0.5, 0.6) is 11.5 Å². The summed E-state index contributed by atoms with van der Waals surface area (Å²) in [4.78, 5) is 0. The van der Waals surface area contributed by atoms with Crippen LogP contribution in [0.15, 0.2) is 30.6 Å². The molecule has 0 saturated heterocycles. The largest absolute Gasteiger partial charge is 0.497 e. The minimum Gasteiger partial charge on any atom is -0.497 e. The van der Waals surface area contributed by atoms with Crippen molar-refractivity contribution >= 4 is 0 Å². The van der Waals surface area contributed by atoms with Crippen LogP contribution < -0.4 is 14.8 Å². The average molecular weight is 331 g/mol. The molecule has 0 amide bonds. The van der Waals surface area contributed by atoms with Gasteiger partial charge in [0.05, 0.1) is 19.9 Å². The van der Waals surface area contributed by atoms with Crippen LogP contribution >= 0.6 is 0 Å². The highest BCUT2D eigenvalue weighted by atomic mass is 16.5. The summed E-state index contributed by atoms with van der Waals surface area (Å²) in [5.74, 6) is 1.64. The predicted octanol–water partition coefficient (Wildman–Crippen LogP) is 2.14. The maximum absolute atomic E-state index is 10.8. The Morgan fingerprint density at radius 3 is 3.04 bits per heavy atom. The second-order valence-corrected chi connectivity index (χ2v) is 6.50. The first-order valence-electron chi connectivity index (χ1n) is 8.25. The molecule has 3 rings (SSSR count). The summed E-state index contributed by atoms with van der Waals surface area (Å²) in [5.41, 5.74) is 0.932. The third-order valence-electron chi connectivity index (χ3n) is 4.51. The van der Waals surface area contributed by atoms with Gasteiger partial charge >= 0.3 is 0 Å². The van der Waals surface area contributed by atoms with Gasteiger partial charge in [-0.25, -0.2) is 0 Å². The number of aromatic nitrogens is 2. The van der Waals surface area contributed by atoms with Crippen molar-refractivity contribution in [3.8, 4) is 11.5 Å². The van der Waals surface area contributed by atoms with Crippen molar-refractivity contribution in [1.29, 1.82) is 0 Å². The molecule has 2 atom stereocenters. The fraction of sp³-hybridized carbons (Fsp3) is 0.500. The minimum atomic E-state index is -0.978. The van der Waals surface area contributed by atoms with Gasteiger partial charge in [-0.1, -0.05) is 6.07 Å². The zero-order chi connectivity index (χ0) is 17.2. The summed E-state index contributed by atoms with van der Waals surface area (Å²) in [6.07, 6.45) is 5.47. The zero-order valence-electron chi connectivity index (χ0n) is 14.5. The van der Waals surface area contributed by atoms with Crippen LogP contribution in [0.3, 0.4) is 0 Å². The Balaban J connectivity index is 1.75. The SMILES string of the molecule is COc1ccc2c(c1)OCCC[C@@H]2NC[C@@](C)(O)c1cnn(C)c1. The third-order valence-corrected chi connectivity index (χ3v) is 4.51. The van der Waals surface area contributed by atoms with E-state index < -0.39 is 5.60 Å². The Kier molecular flexibility index (Phi) is 4.78. The molecule has 2 heterocycles. The highest BCUT2D eigenvalue weighted by Gasteiger charge is 2.27. The Morgan fingerprint density at radius 2 is 2.33 bits per heavy atom. The van der Waals surface area contributed by atoms with Crippen LogP contribution in [0.1, 0.15) is 36.9 Å². The lowest BCUT2D eigenvalue weighted by atomic mass is 9.97. The molecular formula is C18H25N3O3. The van der Waals surface area contributed by atoms with Crippen molar-refractivity contribution in [2.75, 3.05) is 20.3 Å². The minimum absolute atomic E-state index is 0.136. The Morgan fingerprint density at radius 1 is 1.50 bits per heavy atom. The van der Waals surface area contributed by atoms with E-state index in [9.17, 15) is 5.11 Å². The molecular weight excluding hydrogens is 306 g/mol. The van der Waals surface area contributed by atoms with Crippen LogP contribution in [0.2, 0.25) is 0 Å². The summed E-state index contributed by atoms with van der Waals surface area (Å²) >= 11 is 0. The number of aliphatic hydroxyl groups is 1. The van der Waals surface area contributed by atoms with Crippen molar-refractivity contribution in [3.05, 3.63) is 41.7 Å². The van der Waals surface area contributed by atoms with E-state index in [-0.39, 0.29) is 6.04 Å². The molecule has 2 aromatic rings. The number of nitrogens with zero attached hydrogens (tertiary/aromatic N) is 2.